The molecular formula is C20H15ClF3N3O2. The minimum atomic E-state index is -4.50. The van der Waals surface area contributed by atoms with E-state index in [0.29, 0.717) is 4.90 Å². The van der Waals surface area contributed by atoms with E-state index in [4.69, 9.17) is 20.5 Å². The first-order valence-corrected chi connectivity index (χ1v) is 8.47. The summed E-state index contributed by atoms with van der Waals surface area (Å²) in [5.74, 6) is -0.958. The van der Waals surface area contributed by atoms with Crippen molar-refractivity contribution >= 4 is 23.2 Å². The molecule has 1 amide bonds. The first-order valence-electron chi connectivity index (χ1n) is 9.59. The molecule has 0 fully saturated rings. The highest BCUT2D eigenvalue weighted by molar-refractivity contribution is 6.30. The van der Waals surface area contributed by atoms with E-state index < -0.39 is 24.6 Å². The predicted octanol–water partition coefficient (Wildman–Crippen LogP) is 5.10. The van der Waals surface area contributed by atoms with Gasteiger partial charge in [-0.05, 0) is 24.3 Å². The lowest BCUT2D eigenvalue weighted by Gasteiger charge is -2.20. The Labute approximate surface area is 173 Å². The van der Waals surface area contributed by atoms with Gasteiger partial charge in [-0.3, -0.25) is 9.78 Å². The Balaban J connectivity index is 2.02. The molecule has 0 aliphatic rings. The zero-order valence-corrected chi connectivity index (χ0v) is 15.6. The van der Waals surface area contributed by atoms with Crippen LogP contribution in [0.1, 0.15) is 20.2 Å². The summed E-state index contributed by atoms with van der Waals surface area (Å²) in [4.78, 5) is 21.7. The van der Waals surface area contributed by atoms with Crippen molar-refractivity contribution in [1.29, 1.82) is 0 Å². The zero-order valence-electron chi connectivity index (χ0n) is 17.9. The number of hydrogen-bond donors (Lipinski definition) is 0. The number of ether oxygens (including phenoxy) is 1. The Morgan fingerprint density at radius 3 is 2.52 bits per heavy atom. The molecule has 0 N–H and O–H groups in total. The van der Waals surface area contributed by atoms with Crippen LogP contribution in [-0.2, 0) is 6.18 Å². The molecule has 150 valence electrons. The van der Waals surface area contributed by atoms with Crippen molar-refractivity contribution in [2.75, 3.05) is 19.0 Å². The van der Waals surface area contributed by atoms with E-state index in [9.17, 15) is 18.0 Å². The zero-order chi connectivity index (χ0) is 23.7. The van der Waals surface area contributed by atoms with Crippen LogP contribution in [-0.4, -0.2) is 30.0 Å². The van der Waals surface area contributed by atoms with Crippen molar-refractivity contribution < 1.29 is 26.8 Å². The lowest BCUT2D eigenvalue weighted by Crippen LogP contribution is -2.27. The number of amides is 1. The Bertz CT molecular complexity index is 1140. The van der Waals surface area contributed by atoms with Crippen molar-refractivity contribution in [3.8, 4) is 17.0 Å². The topological polar surface area (TPSA) is 55.3 Å². The quantitative estimate of drug-likeness (QED) is 0.584. The molecule has 0 saturated carbocycles. The molecule has 1 aromatic heterocycles. The van der Waals surface area contributed by atoms with Crippen molar-refractivity contribution in [1.82, 2.24) is 9.97 Å². The van der Waals surface area contributed by atoms with Crippen molar-refractivity contribution in [3.63, 3.8) is 0 Å². The number of methoxy groups -OCH3 is 1. The number of carbonyl (C=O) groups excluding carboxylic acids is 1. The second-order valence-corrected chi connectivity index (χ2v) is 6.26. The number of carbonyl (C=O) groups is 1. The first kappa shape index (κ1) is 16.8. The summed E-state index contributed by atoms with van der Waals surface area (Å²) in [6, 6.07) is 8.19. The van der Waals surface area contributed by atoms with Crippen molar-refractivity contribution in [2.45, 2.75) is 6.18 Å². The van der Waals surface area contributed by atoms with Gasteiger partial charge in [0.25, 0.3) is 5.91 Å². The summed E-state index contributed by atoms with van der Waals surface area (Å²) >= 11 is 5.92. The third-order valence-corrected chi connectivity index (χ3v) is 4.18. The summed E-state index contributed by atoms with van der Waals surface area (Å²) in [7, 11) is 1.29. The Morgan fingerprint density at radius 2 is 1.90 bits per heavy atom. The highest BCUT2D eigenvalue weighted by Crippen LogP contribution is 2.32. The molecular weight excluding hydrogens is 407 g/mol. The van der Waals surface area contributed by atoms with Crippen LogP contribution in [0.3, 0.4) is 0 Å². The smallest absolute Gasteiger partial charge is 0.416 e. The minimum absolute atomic E-state index is 0.0498. The van der Waals surface area contributed by atoms with Gasteiger partial charge in [-0.2, -0.15) is 13.2 Å². The summed E-state index contributed by atoms with van der Waals surface area (Å²) < 4.78 is 67.0. The second-order valence-electron chi connectivity index (χ2n) is 5.82. The van der Waals surface area contributed by atoms with Crippen LogP contribution in [0.2, 0.25) is 5.02 Å². The molecule has 0 aliphatic heterocycles. The highest BCUT2D eigenvalue weighted by atomic mass is 35.5. The van der Waals surface area contributed by atoms with E-state index in [1.54, 1.807) is 0 Å². The monoisotopic (exact) mass is 424 g/mol. The van der Waals surface area contributed by atoms with Gasteiger partial charge >= 0.3 is 6.18 Å². The number of hydrogen-bond acceptors (Lipinski definition) is 4. The number of anilines is 1. The van der Waals surface area contributed by atoms with Crippen LogP contribution in [0.25, 0.3) is 11.3 Å². The normalized spacial score (nSPS) is 13.2. The molecule has 0 bridgehead atoms. The number of benzene rings is 2. The van der Waals surface area contributed by atoms with Gasteiger partial charge in [-0.25, -0.2) is 4.98 Å². The molecule has 3 aromatic rings. The fourth-order valence-corrected chi connectivity index (χ4v) is 2.66. The Kier molecular flexibility index (Phi) is 4.68. The van der Waals surface area contributed by atoms with E-state index in [1.807, 2.05) is 0 Å². The van der Waals surface area contributed by atoms with Gasteiger partial charge < -0.3 is 9.64 Å². The van der Waals surface area contributed by atoms with E-state index in [1.165, 1.54) is 43.6 Å². The molecule has 1 heterocycles. The van der Waals surface area contributed by atoms with Crippen LogP contribution in [0.5, 0.6) is 5.75 Å². The number of rotatable bonds is 4. The molecule has 3 rings (SSSR count). The summed E-state index contributed by atoms with van der Waals surface area (Å²) in [5.41, 5.74) is -0.869. The number of aromatic nitrogens is 2. The lowest BCUT2D eigenvalue weighted by atomic mass is 10.1. The van der Waals surface area contributed by atoms with Crippen LogP contribution in [0, 0.1) is 0 Å². The SMILES string of the molecule is [2H]C([2H])([2H])N(C(=O)c1cncc(-c2ccc(C(F)(F)F)cc2)n1)c1ccc(Cl)cc1OC. The van der Waals surface area contributed by atoms with E-state index >= 15 is 0 Å². The van der Waals surface area contributed by atoms with Crippen molar-refractivity contribution in [2.24, 2.45) is 0 Å². The second kappa shape index (κ2) is 8.08. The molecule has 29 heavy (non-hydrogen) atoms. The predicted molar refractivity (Wildman–Crippen MR) is 103 cm³/mol. The standard InChI is InChI=1S/C20H15ClF3N3O2/c1-27(17-8-7-14(21)9-18(17)29-2)19(28)16-11-25-10-15(26-16)12-3-5-13(6-4-12)20(22,23)24/h3-11H,1-2H3/i1D3. The molecule has 0 unspecified atom stereocenters. The van der Waals surface area contributed by atoms with Crippen molar-refractivity contribution in [3.05, 3.63) is 71.1 Å². The number of halogens is 4. The average Bonchev–Trinajstić information content (AvgIpc) is 2.73. The van der Waals surface area contributed by atoms with Gasteiger partial charge in [0.2, 0.25) is 0 Å². The van der Waals surface area contributed by atoms with E-state index in [2.05, 4.69) is 9.97 Å². The number of nitrogens with zero attached hydrogens (tertiary/aromatic N) is 3. The molecule has 0 spiro atoms. The van der Waals surface area contributed by atoms with Crippen LogP contribution >= 0.6 is 11.6 Å². The molecule has 2 aromatic carbocycles. The van der Waals surface area contributed by atoms with Gasteiger partial charge in [0.15, 0.2) is 0 Å². The van der Waals surface area contributed by atoms with E-state index in [0.717, 1.165) is 18.3 Å². The van der Waals surface area contributed by atoms with Gasteiger partial charge in [-0.15, -0.1) is 0 Å². The third kappa shape index (κ3) is 4.48. The third-order valence-electron chi connectivity index (χ3n) is 3.95. The maximum Gasteiger partial charge on any atom is 0.416 e. The fourth-order valence-electron chi connectivity index (χ4n) is 2.50. The van der Waals surface area contributed by atoms with Gasteiger partial charge in [0.05, 0.1) is 36.4 Å². The largest absolute Gasteiger partial charge is 0.495 e. The average molecular weight is 425 g/mol. The van der Waals surface area contributed by atoms with Crippen LogP contribution < -0.4 is 9.64 Å². The Morgan fingerprint density at radius 1 is 1.17 bits per heavy atom. The first-order chi connectivity index (χ1) is 14.9. The van der Waals surface area contributed by atoms with Gasteiger partial charge in [0, 0.05) is 27.7 Å². The molecule has 5 nitrogen and oxygen atoms in total. The minimum Gasteiger partial charge on any atom is -0.495 e. The van der Waals surface area contributed by atoms with Gasteiger partial charge in [-0.1, -0.05) is 23.7 Å². The van der Waals surface area contributed by atoms with Gasteiger partial charge in [0.1, 0.15) is 11.4 Å². The molecule has 0 atom stereocenters. The number of alkyl halides is 3. The lowest BCUT2D eigenvalue weighted by molar-refractivity contribution is -0.137. The maximum atomic E-state index is 13.1. The molecule has 0 radical (unpaired) electrons. The molecule has 0 saturated heterocycles. The fraction of sp³-hybridized carbons (Fsp3) is 0.150. The summed E-state index contributed by atoms with van der Waals surface area (Å²) in [6.07, 6.45) is -2.18. The van der Waals surface area contributed by atoms with Crippen LogP contribution in [0.15, 0.2) is 54.9 Å². The Hall–Kier alpha value is -3.13. The maximum absolute atomic E-state index is 13.1. The van der Waals surface area contributed by atoms with E-state index in [-0.39, 0.29) is 33.4 Å². The molecule has 9 heteroatoms. The van der Waals surface area contributed by atoms with Crippen LogP contribution in [0.4, 0.5) is 18.9 Å². The summed E-state index contributed by atoms with van der Waals surface area (Å²) in [5, 5.41) is 0.271. The summed E-state index contributed by atoms with van der Waals surface area (Å²) in [6.45, 7) is -2.91. The molecule has 0 aliphatic carbocycles. The highest BCUT2D eigenvalue weighted by Gasteiger charge is 2.30.